The summed E-state index contributed by atoms with van der Waals surface area (Å²) in [6.07, 6.45) is -7.14. The van der Waals surface area contributed by atoms with Crippen LogP contribution in [0.4, 0.5) is 30.7 Å². The first kappa shape index (κ1) is 23.5. The van der Waals surface area contributed by atoms with E-state index in [1.54, 1.807) is 6.07 Å². The van der Waals surface area contributed by atoms with Crippen LogP contribution in [0.2, 0.25) is 0 Å². The number of imidazole rings is 1. The summed E-state index contributed by atoms with van der Waals surface area (Å²) in [5.74, 6) is -0.250. The molecule has 0 saturated heterocycles. The van der Waals surface area contributed by atoms with Gasteiger partial charge in [0, 0.05) is 11.6 Å². The topological polar surface area (TPSA) is 69.6 Å². The molecule has 0 aliphatic carbocycles. The summed E-state index contributed by atoms with van der Waals surface area (Å²) in [5.41, 5.74) is -2.79. The zero-order valence-electron chi connectivity index (χ0n) is 17.8. The molecule has 5 rings (SSSR count). The van der Waals surface area contributed by atoms with Crippen molar-refractivity contribution in [1.29, 1.82) is 0 Å². The molecule has 36 heavy (non-hydrogen) atoms. The lowest BCUT2D eigenvalue weighted by molar-refractivity contribution is -0.142. The highest BCUT2D eigenvalue weighted by Gasteiger charge is 2.39. The summed E-state index contributed by atoms with van der Waals surface area (Å²) in [7, 11) is 0. The van der Waals surface area contributed by atoms with Crippen LogP contribution in [0.3, 0.4) is 0 Å². The van der Waals surface area contributed by atoms with E-state index in [4.69, 9.17) is 4.52 Å². The van der Waals surface area contributed by atoms with Gasteiger partial charge in [0.1, 0.15) is 29.4 Å². The maximum Gasteiger partial charge on any atom is 0.417 e. The Labute approximate surface area is 197 Å². The van der Waals surface area contributed by atoms with Crippen molar-refractivity contribution in [3.63, 3.8) is 0 Å². The Morgan fingerprint density at radius 3 is 2.28 bits per heavy atom. The molecule has 0 fully saturated rings. The number of aromatic nitrogens is 5. The minimum absolute atomic E-state index is 0.0369. The monoisotopic (exact) mass is 507 g/mol. The maximum absolute atomic E-state index is 14.0. The third kappa shape index (κ3) is 4.51. The molecular formula is C23H12F7N5O. The molecule has 0 amide bonds. The Kier molecular flexibility index (Phi) is 5.49. The van der Waals surface area contributed by atoms with Crippen LogP contribution in [0.1, 0.15) is 16.9 Å². The van der Waals surface area contributed by atoms with Gasteiger partial charge < -0.3 is 4.52 Å². The number of nitrogens with zero attached hydrogens (tertiary/aromatic N) is 5. The first-order valence-corrected chi connectivity index (χ1v) is 10.2. The molecule has 13 heteroatoms. The van der Waals surface area contributed by atoms with Crippen molar-refractivity contribution in [3.05, 3.63) is 83.6 Å². The molecule has 1 aromatic heterocycles. The van der Waals surface area contributed by atoms with Gasteiger partial charge in [0.2, 0.25) is 0 Å². The molecule has 2 aliphatic heterocycles. The molecule has 184 valence electrons. The summed E-state index contributed by atoms with van der Waals surface area (Å²) in [4.78, 5) is 8.53. The second-order valence-electron chi connectivity index (χ2n) is 7.70. The second kappa shape index (κ2) is 8.43. The van der Waals surface area contributed by atoms with E-state index in [1.807, 2.05) is 0 Å². The van der Waals surface area contributed by atoms with Crippen LogP contribution in [0, 0.1) is 5.82 Å². The van der Waals surface area contributed by atoms with Gasteiger partial charge in [-0.1, -0.05) is 23.4 Å². The van der Waals surface area contributed by atoms with Gasteiger partial charge in [-0.2, -0.15) is 31.4 Å². The summed E-state index contributed by atoms with van der Waals surface area (Å²) in [6.45, 7) is -0.0766. The third-order valence-corrected chi connectivity index (χ3v) is 5.23. The van der Waals surface area contributed by atoms with Gasteiger partial charge >= 0.3 is 12.4 Å². The Bertz CT molecular complexity index is 1520. The first-order valence-electron chi connectivity index (χ1n) is 10.2. The second-order valence-corrected chi connectivity index (χ2v) is 7.70. The molecule has 0 N–H and O–H groups in total. The van der Waals surface area contributed by atoms with E-state index in [0.29, 0.717) is 23.5 Å². The highest BCUT2D eigenvalue weighted by atomic mass is 19.4. The van der Waals surface area contributed by atoms with Gasteiger partial charge in [0.15, 0.2) is 11.6 Å². The van der Waals surface area contributed by atoms with Crippen LogP contribution in [0.25, 0.3) is 34.0 Å². The summed E-state index contributed by atoms with van der Waals surface area (Å²) >= 11 is 0. The van der Waals surface area contributed by atoms with Crippen LogP contribution in [0.5, 0.6) is 0 Å². The minimum Gasteiger partial charge on any atom is -0.359 e. The largest absolute Gasteiger partial charge is 0.417 e. The Morgan fingerprint density at radius 1 is 0.806 bits per heavy atom. The normalized spacial score (nSPS) is 12.4. The quantitative estimate of drug-likeness (QED) is 0.266. The lowest BCUT2D eigenvalue weighted by atomic mass is 10.0. The number of hydrogen-bond donors (Lipinski definition) is 0. The number of hydrogen-bond acceptors (Lipinski definition) is 5. The zero-order valence-corrected chi connectivity index (χ0v) is 17.8. The van der Waals surface area contributed by atoms with E-state index in [-0.39, 0.29) is 35.5 Å². The molecule has 0 radical (unpaired) electrons. The maximum atomic E-state index is 14.0. The molecule has 0 atom stereocenters. The first-order chi connectivity index (χ1) is 17.0. The van der Waals surface area contributed by atoms with Crippen molar-refractivity contribution in [1.82, 2.24) is 24.9 Å². The highest BCUT2D eigenvalue weighted by molar-refractivity contribution is 5.66. The van der Waals surface area contributed by atoms with E-state index in [9.17, 15) is 30.7 Å². The fourth-order valence-corrected chi connectivity index (χ4v) is 3.56. The number of fused-ring (bicyclic) bond motifs is 1. The van der Waals surface area contributed by atoms with Crippen molar-refractivity contribution < 1.29 is 35.3 Å². The van der Waals surface area contributed by atoms with Crippen LogP contribution in [-0.2, 0) is 18.9 Å². The molecule has 3 heterocycles. The number of alkyl halides is 6. The number of halogens is 7. The molecule has 0 unspecified atom stereocenters. The SMILES string of the molecule is Fc1ccccc1-c1nc2cnn(Cc3cc(-c4ccc(C(F)(F)F)cc4C(F)(F)F)no3)cc-2n1. The fourth-order valence-electron chi connectivity index (χ4n) is 3.56. The van der Waals surface area contributed by atoms with Gasteiger partial charge in [-0.05, 0) is 24.3 Å². The smallest absolute Gasteiger partial charge is 0.359 e. The lowest BCUT2D eigenvalue weighted by Gasteiger charge is -2.14. The van der Waals surface area contributed by atoms with Crippen molar-refractivity contribution in [2.75, 3.05) is 0 Å². The molecule has 0 bridgehead atoms. The summed E-state index contributed by atoms with van der Waals surface area (Å²) < 4.78 is 99.7. The molecule has 2 aliphatic rings. The van der Waals surface area contributed by atoms with Gasteiger partial charge in [0.25, 0.3) is 0 Å². The lowest BCUT2D eigenvalue weighted by Crippen LogP contribution is -2.12. The molecule has 2 aromatic carbocycles. The predicted octanol–water partition coefficient (Wildman–Crippen LogP) is 6.32. The fraction of sp³-hybridized carbons (Fsp3) is 0.130. The third-order valence-electron chi connectivity index (χ3n) is 5.23. The van der Waals surface area contributed by atoms with E-state index >= 15 is 0 Å². The molecule has 0 spiro atoms. The predicted molar refractivity (Wildman–Crippen MR) is 111 cm³/mol. The minimum atomic E-state index is -5.05. The van der Waals surface area contributed by atoms with Crippen LogP contribution in [-0.4, -0.2) is 24.9 Å². The van der Waals surface area contributed by atoms with Gasteiger partial charge in [-0.25, -0.2) is 14.4 Å². The van der Waals surface area contributed by atoms with Crippen molar-refractivity contribution in [2.24, 2.45) is 0 Å². The Hall–Kier alpha value is -4.29. The summed E-state index contributed by atoms with van der Waals surface area (Å²) in [5, 5.41) is 7.73. The average molecular weight is 507 g/mol. The van der Waals surface area contributed by atoms with Gasteiger partial charge in [0.05, 0.1) is 29.1 Å². The van der Waals surface area contributed by atoms with E-state index < -0.39 is 34.9 Å². The molecule has 6 nitrogen and oxygen atoms in total. The summed E-state index contributed by atoms with van der Waals surface area (Å²) in [6, 6.07) is 8.44. The zero-order chi connectivity index (χ0) is 25.7. The van der Waals surface area contributed by atoms with Crippen LogP contribution in [0.15, 0.2) is 65.4 Å². The van der Waals surface area contributed by atoms with Gasteiger partial charge in [-0.15, -0.1) is 0 Å². The van der Waals surface area contributed by atoms with E-state index in [1.165, 1.54) is 41.3 Å². The van der Waals surface area contributed by atoms with E-state index in [0.717, 1.165) is 0 Å². The van der Waals surface area contributed by atoms with Crippen molar-refractivity contribution >= 4 is 0 Å². The van der Waals surface area contributed by atoms with Crippen LogP contribution < -0.4 is 0 Å². The van der Waals surface area contributed by atoms with E-state index in [2.05, 4.69) is 20.2 Å². The van der Waals surface area contributed by atoms with Gasteiger partial charge in [-0.3, -0.25) is 4.68 Å². The van der Waals surface area contributed by atoms with Crippen LogP contribution >= 0.6 is 0 Å². The standard InChI is InChI=1S/C23H12F7N5O/c24-17-4-2-1-3-15(17)21-32-19-9-31-35(11-20(19)33-21)10-13-8-18(34-36-13)14-6-5-12(22(25,26)27)7-16(14)23(28,29)30/h1-9,11H,10H2. The number of benzene rings is 2. The number of rotatable bonds is 4. The molecule has 0 saturated carbocycles. The Balaban J connectivity index is 1.44. The van der Waals surface area contributed by atoms with Crippen molar-refractivity contribution in [2.45, 2.75) is 18.9 Å². The molecular weight excluding hydrogens is 495 g/mol. The Morgan fingerprint density at radius 2 is 1.56 bits per heavy atom. The average Bonchev–Trinajstić information content (AvgIpc) is 3.44. The molecule has 3 aromatic rings. The highest BCUT2D eigenvalue weighted by Crippen LogP contribution is 2.40. The van der Waals surface area contributed by atoms with Crippen molar-refractivity contribution in [3.8, 4) is 34.0 Å².